The van der Waals surface area contributed by atoms with E-state index in [2.05, 4.69) is 15.5 Å². The average Bonchev–Trinajstić information content (AvgIpc) is 2.83. The molecule has 0 radical (unpaired) electrons. The zero-order valence-electron chi connectivity index (χ0n) is 13.1. The SMILES string of the molecule is CCc1[nH]nc(-c2ccc(F)c(F)c2)c1NC(=O)C(C)(C)C. The molecule has 0 unspecified atom stereocenters. The first-order valence-corrected chi connectivity index (χ1v) is 7.08. The lowest BCUT2D eigenvalue weighted by molar-refractivity contribution is -0.123. The predicted octanol–water partition coefficient (Wildman–Crippen LogP) is 3.90. The van der Waals surface area contributed by atoms with Crippen LogP contribution in [-0.2, 0) is 11.2 Å². The average molecular weight is 307 g/mol. The number of carbonyl (C=O) groups is 1. The molecule has 1 amide bonds. The highest BCUT2D eigenvalue weighted by atomic mass is 19.2. The quantitative estimate of drug-likeness (QED) is 0.903. The van der Waals surface area contributed by atoms with Gasteiger partial charge in [-0.25, -0.2) is 8.78 Å². The lowest BCUT2D eigenvalue weighted by Gasteiger charge is -2.18. The standard InChI is InChI=1S/C16H19F2N3O/c1-5-12-14(19-15(22)16(2,3)4)13(21-20-12)9-6-7-10(17)11(18)8-9/h6-8H,5H2,1-4H3,(H,19,22)(H,20,21). The van der Waals surface area contributed by atoms with Crippen molar-refractivity contribution < 1.29 is 13.6 Å². The second-order valence-corrected chi connectivity index (χ2v) is 6.11. The lowest BCUT2D eigenvalue weighted by atomic mass is 9.95. The van der Waals surface area contributed by atoms with Crippen molar-refractivity contribution in [2.24, 2.45) is 5.41 Å². The molecule has 0 saturated carbocycles. The molecule has 2 aromatic rings. The summed E-state index contributed by atoms with van der Waals surface area (Å²) in [6.07, 6.45) is 0.621. The van der Waals surface area contributed by atoms with E-state index >= 15 is 0 Å². The minimum Gasteiger partial charge on any atom is -0.322 e. The highest BCUT2D eigenvalue weighted by molar-refractivity contribution is 5.98. The van der Waals surface area contributed by atoms with Crippen LogP contribution in [0.15, 0.2) is 18.2 Å². The number of H-pyrrole nitrogens is 1. The van der Waals surface area contributed by atoms with E-state index in [-0.39, 0.29) is 5.91 Å². The number of amides is 1. The number of aromatic amines is 1. The maximum Gasteiger partial charge on any atom is 0.229 e. The third-order valence-corrected chi connectivity index (χ3v) is 3.31. The fourth-order valence-electron chi connectivity index (χ4n) is 1.92. The number of halogens is 2. The van der Waals surface area contributed by atoms with Crippen molar-refractivity contribution in [1.29, 1.82) is 0 Å². The van der Waals surface area contributed by atoms with Gasteiger partial charge in [-0.15, -0.1) is 0 Å². The molecule has 2 rings (SSSR count). The number of rotatable bonds is 3. The molecule has 4 nitrogen and oxygen atoms in total. The van der Waals surface area contributed by atoms with E-state index < -0.39 is 17.0 Å². The predicted molar refractivity (Wildman–Crippen MR) is 81.4 cm³/mol. The molecule has 1 aromatic carbocycles. The molecule has 0 saturated heterocycles. The summed E-state index contributed by atoms with van der Waals surface area (Å²) >= 11 is 0. The monoisotopic (exact) mass is 307 g/mol. The number of aromatic nitrogens is 2. The minimum absolute atomic E-state index is 0.174. The Bertz CT molecular complexity index is 702. The van der Waals surface area contributed by atoms with Crippen molar-refractivity contribution in [2.45, 2.75) is 34.1 Å². The largest absolute Gasteiger partial charge is 0.322 e. The van der Waals surface area contributed by atoms with Crippen molar-refractivity contribution in [3.63, 3.8) is 0 Å². The first-order valence-electron chi connectivity index (χ1n) is 7.08. The summed E-state index contributed by atoms with van der Waals surface area (Å²) in [4.78, 5) is 12.2. The second kappa shape index (κ2) is 5.87. The zero-order valence-corrected chi connectivity index (χ0v) is 13.1. The van der Waals surface area contributed by atoms with Crippen molar-refractivity contribution >= 4 is 11.6 Å². The number of benzene rings is 1. The van der Waals surface area contributed by atoms with Crippen molar-refractivity contribution in [3.8, 4) is 11.3 Å². The molecule has 0 bridgehead atoms. The number of nitrogens with one attached hydrogen (secondary N) is 2. The van der Waals surface area contributed by atoms with E-state index in [1.165, 1.54) is 6.07 Å². The molecule has 6 heteroatoms. The van der Waals surface area contributed by atoms with Gasteiger partial charge >= 0.3 is 0 Å². The lowest BCUT2D eigenvalue weighted by Crippen LogP contribution is -2.28. The van der Waals surface area contributed by atoms with Crippen LogP contribution in [0.2, 0.25) is 0 Å². The van der Waals surface area contributed by atoms with Crippen molar-refractivity contribution in [3.05, 3.63) is 35.5 Å². The number of nitrogens with zero attached hydrogens (tertiary/aromatic N) is 1. The van der Waals surface area contributed by atoms with Crippen LogP contribution in [0.1, 0.15) is 33.4 Å². The van der Waals surface area contributed by atoms with Crippen LogP contribution < -0.4 is 5.32 Å². The second-order valence-electron chi connectivity index (χ2n) is 6.11. The van der Waals surface area contributed by atoms with E-state index in [1.807, 2.05) is 6.92 Å². The fraction of sp³-hybridized carbons (Fsp3) is 0.375. The summed E-state index contributed by atoms with van der Waals surface area (Å²) in [5.41, 5.74) is 1.46. The topological polar surface area (TPSA) is 57.8 Å². The highest BCUT2D eigenvalue weighted by Gasteiger charge is 2.25. The van der Waals surface area contributed by atoms with Gasteiger partial charge in [0.1, 0.15) is 5.69 Å². The van der Waals surface area contributed by atoms with Crippen LogP contribution >= 0.6 is 0 Å². The van der Waals surface area contributed by atoms with Gasteiger partial charge in [0.15, 0.2) is 11.6 Å². The Morgan fingerprint density at radius 2 is 1.95 bits per heavy atom. The first-order chi connectivity index (χ1) is 10.2. The van der Waals surface area contributed by atoms with Gasteiger partial charge in [0.25, 0.3) is 0 Å². The van der Waals surface area contributed by atoms with Crippen molar-refractivity contribution in [1.82, 2.24) is 10.2 Å². The zero-order chi connectivity index (χ0) is 16.5. The van der Waals surface area contributed by atoms with Gasteiger partial charge < -0.3 is 5.32 Å². The normalized spacial score (nSPS) is 11.5. The van der Waals surface area contributed by atoms with Gasteiger partial charge in [-0.05, 0) is 24.6 Å². The van der Waals surface area contributed by atoms with E-state index in [0.29, 0.717) is 23.4 Å². The van der Waals surface area contributed by atoms with Crippen LogP contribution in [0.25, 0.3) is 11.3 Å². The molecular weight excluding hydrogens is 288 g/mol. The van der Waals surface area contributed by atoms with Gasteiger partial charge in [0, 0.05) is 11.0 Å². The Morgan fingerprint density at radius 1 is 1.27 bits per heavy atom. The summed E-state index contributed by atoms with van der Waals surface area (Å²) in [5.74, 6) is -2.05. The number of anilines is 1. The minimum atomic E-state index is -0.952. The summed E-state index contributed by atoms with van der Waals surface area (Å²) in [6, 6.07) is 3.54. The molecule has 118 valence electrons. The molecule has 2 N–H and O–H groups in total. The maximum atomic E-state index is 13.4. The number of aryl methyl sites for hydroxylation is 1. The van der Waals surface area contributed by atoms with Gasteiger partial charge in [-0.1, -0.05) is 27.7 Å². The molecule has 1 heterocycles. The highest BCUT2D eigenvalue weighted by Crippen LogP contribution is 2.31. The van der Waals surface area contributed by atoms with Crippen LogP contribution in [-0.4, -0.2) is 16.1 Å². The Hall–Kier alpha value is -2.24. The fourth-order valence-corrected chi connectivity index (χ4v) is 1.92. The number of hydrogen-bond acceptors (Lipinski definition) is 2. The third kappa shape index (κ3) is 3.16. The van der Waals surface area contributed by atoms with E-state index in [1.54, 1.807) is 20.8 Å². The summed E-state index contributed by atoms with van der Waals surface area (Å²) in [7, 11) is 0. The van der Waals surface area contributed by atoms with E-state index in [9.17, 15) is 13.6 Å². The Balaban J connectivity index is 2.47. The summed E-state index contributed by atoms with van der Waals surface area (Å²) in [5, 5.41) is 9.80. The van der Waals surface area contributed by atoms with Crippen molar-refractivity contribution in [2.75, 3.05) is 5.32 Å². The summed E-state index contributed by atoms with van der Waals surface area (Å²) < 4.78 is 26.5. The number of hydrogen-bond donors (Lipinski definition) is 2. The number of carbonyl (C=O) groups excluding carboxylic acids is 1. The van der Waals surface area contributed by atoms with Gasteiger partial charge in [0.05, 0.1) is 11.4 Å². The first kappa shape index (κ1) is 16.1. The van der Waals surface area contributed by atoms with E-state index in [0.717, 1.165) is 17.8 Å². The molecule has 22 heavy (non-hydrogen) atoms. The van der Waals surface area contributed by atoms with Gasteiger partial charge in [0.2, 0.25) is 5.91 Å². The van der Waals surface area contributed by atoms with Crippen LogP contribution in [0.3, 0.4) is 0 Å². The van der Waals surface area contributed by atoms with Gasteiger partial charge in [-0.2, -0.15) is 5.10 Å². The molecule has 0 fully saturated rings. The summed E-state index contributed by atoms with van der Waals surface area (Å²) in [6.45, 7) is 7.30. The molecule has 0 aliphatic carbocycles. The Kier molecular flexibility index (Phi) is 4.30. The van der Waals surface area contributed by atoms with Crippen LogP contribution in [0.4, 0.5) is 14.5 Å². The molecular formula is C16H19F2N3O. The smallest absolute Gasteiger partial charge is 0.229 e. The maximum absolute atomic E-state index is 13.4. The Labute approximate surface area is 127 Å². The van der Waals surface area contributed by atoms with Crippen LogP contribution in [0, 0.1) is 17.0 Å². The molecule has 0 aliphatic rings. The van der Waals surface area contributed by atoms with Crippen LogP contribution in [0.5, 0.6) is 0 Å². The molecule has 0 aliphatic heterocycles. The Morgan fingerprint density at radius 3 is 2.50 bits per heavy atom. The molecule has 0 atom stereocenters. The van der Waals surface area contributed by atoms with Gasteiger partial charge in [-0.3, -0.25) is 9.89 Å². The molecule has 0 spiro atoms. The third-order valence-electron chi connectivity index (χ3n) is 3.31. The van der Waals surface area contributed by atoms with E-state index in [4.69, 9.17) is 0 Å². The molecule has 1 aromatic heterocycles.